The van der Waals surface area contributed by atoms with E-state index in [4.69, 9.17) is 9.47 Å². The fourth-order valence-electron chi connectivity index (χ4n) is 2.85. The van der Waals surface area contributed by atoms with Gasteiger partial charge >= 0.3 is 11.9 Å². The second-order valence-electron chi connectivity index (χ2n) is 7.17. The summed E-state index contributed by atoms with van der Waals surface area (Å²) in [7, 11) is 0. The molecule has 1 aliphatic rings. The molecule has 0 radical (unpaired) electrons. The smallest absolute Gasteiger partial charge is 0.303 e. The molecule has 0 amide bonds. The van der Waals surface area contributed by atoms with Crippen LogP contribution in [0.3, 0.4) is 0 Å². The van der Waals surface area contributed by atoms with Gasteiger partial charge in [0.25, 0.3) is 0 Å². The number of carbonyl (C=O) groups is 2. The summed E-state index contributed by atoms with van der Waals surface area (Å²) in [6.07, 6.45) is 7.11. The third kappa shape index (κ3) is 6.59. The Morgan fingerprint density at radius 2 is 1.74 bits per heavy atom. The van der Waals surface area contributed by atoms with E-state index < -0.39 is 0 Å². The summed E-state index contributed by atoms with van der Waals surface area (Å²) >= 11 is 0. The molecule has 0 aromatic rings. The van der Waals surface area contributed by atoms with Gasteiger partial charge in [-0.3, -0.25) is 9.59 Å². The Balaban J connectivity index is 3.18. The summed E-state index contributed by atoms with van der Waals surface area (Å²) in [6, 6.07) is 0. The van der Waals surface area contributed by atoms with Gasteiger partial charge in [-0.15, -0.1) is 0 Å². The number of hydrogen-bond donors (Lipinski definition) is 0. The first kappa shape index (κ1) is 19.5. The highest BCUT2D eigenvalue weighted by Crippen LogP contribution is 2.33. The summed E-state index contributed by atoms with van der Waals surface area (Å²) in [5, 5.41) is 0. The van der Waals surface area contributed by atoms with Crippen LogP contribution in [0.4, 0.5) is 0 Å². The molecule has 0 aromatic heterocycles. The van der Waals surface area contributed by atoms with Crippen molar-refractivity contribution in [2.24, 2.45) is 5.41 Å². The van der Waals surface area contributed by atoms with Crippen molar-refractivity contribution in [1.29, 1.82) is 0 Å². The molecule has 4 nitrogen and oxygen atoms in total. The molecule has 0 spiro atoms. The van der Waals surface area contributed by atoms with Crippen molar-refractivity contribution in [2.75, 3.05) is 0 Å². The molecule has 0 aromatic carbocycles. The van der Waals surface area contributed by atoms with Gasteiger partial charge in [-0.25, -0.2) is 0 Å². The van der Waals surface area contributed by atoms with E-state index in [1.54, 1.807) is 0 Å². The van der Waals surface area contributed by atoms with Crippen molar-refractivity contribution in [3.8, 4) is 0 Å². The van der Waals surface area contributed by atoms with E-state index in [0.29, 0.717) is 6.42 Å². The average molecular weight is 322 g/mol. The van der Waals surface area contributed by atoms with Crippen LogP contribution >= 0.6 is 0 Å². The molecule has 130 valence electrons. The van der Waals surface area contributed by atoms with E-state index in [0.717, 1.165) is 24.8 Å². The van der Waals surface area contributed by atoms with Crippen LogP contribution in [0.2, 0.25) is 0 Å². The van der Waals surface area contributed by atoms with Gasteiger partial charge in [-0.2, -0.15) is 0 Å². The van der Waals surface area contributed by atoms with Crippen LogP contribution in [0.25, 0.3) is 0 Å². The first-order valence-corrected chi connectivity index (χ1v) is 8.30. The molecule has 1 aliphatic carbocycles. The number of hydrogen-bond acceptors (Lipinski definition) is 4. The maximum absolute atomic E-state index is 11.5. The van der Waals surface area contributed by atoms with E-state index in [-0.39, 0.29) is 29.6 Å². The first-order valence-electron chi connectivity index (χ1n) is 8.30. The molecule has 0 heterocycles. The topological polar surface area (TPSA) is 52.6 Å². The van der Waals surface area contributed by atoms with Crippen LogP contribution < -0.4 is 0 Å². The van der Waals surface area contributed by atoms with Crippen LogP contribution in [0.15, 0.2) is 23.3 Å². The average Bonchev–Trinajstić information content (AvgIpc) is 2.41. The van der Waals surface area contributed by atoms with E-state index in [1.165, 1.54) is 19.4 Å². The maximum Gasteiger partial charge on any atom is 0.303 e. The molecule has 0 aliphatic heterocycles. The van der Waals surface area contributed by atoms with E-state index in [2.05, 4.69) is 26.8 Å². The number of rotatable bonds is 2. The molecule has 4 heteroatoms. The molecule has 0 saturated carbocycles. The molecular formula is C19H30O4. The Bertz CT molecular complexity index is 499. The minimum absolute atomic E-state index is 0.168. The van der Waals surface area contributed by atoms with Gasteiger partial charge in [0.05, 0.1) is 0 Å². The van der Waals surface area contributed by atoms with Crippen molar-refractivity contribution >= 4 is 11.9 Å². The Hall–Kier alpha value is -1.58. The standard InChI is InChI=1S/C19H30O4/c1-13-8-7-11-19(5,6)18(23-16(4)21)12-14(2)17(10-9-13)22-15(3)20/h9,12,17-18H,7-8,10-11H2,1-6H3/b13-9+,14-12+. The van der Waals surface area contributed by atoms with Crippen LogP contribution in [0.5, 0.6) is 0 Å². The van der Waals surface area contributed by atoms with Gasteiger partial charge in [0.15, 0.2) is 0 Å². The third-order valence-electron chi connectivity index (χ3n) is 4.37. The van der Waals surface area contributed by atoms with Gasteiger partial charge in [0, 0.05) is 25.7 Å². The molecule has 2 atom stereocenters. The second-order valence-corrected chi connectivity index (χ2v) is 7.17. The van der Waals surface area contributed by atoms with Crippen LogP contribution in [-0.4, -0.2) is 24.1 Å². The minimum Gasteiger partial charge on any atom is -0.458 e. The number of carbonyl (C=O) groups excluding carboxylic acids is 2. The van der Waals surface area contributed by atoms with Gasteiger partial charge in [0.2, 0.25) is 0 Å². The largest absolute Gasteiger partial charge is 0.458 e. The molecule has 0 N–H and O–H groups in total. The zero-order valence-corrected chi connectivity index (χ0v) is 15.3. The molecule has 0 fully saturated rings. The molecule has 0 saturated heterocycles. The number of ether oxygens (including phenoxy) is 2. The molecule has 0 bridgehead atoms. The van der Waals surface area contributed by atoms with E-state index >= 15 is 0 Å². The van der Waals surface area contributed by atoms with Gasteiger partial charge in [-0.05, 0) is 44.8 Å². The van der Waals surface area contributed by atoms with Crippen LogP contribution in [-0.2, 0) is 19.1 Å². The maximum atomic E-state index is 11.5. The van der Waals surface area contributed by atoms with Crippen molar-refractivity contribution < 1.29 is 19.1 Å². The highest BCUT2D eigenvalue weighted by Gasteiger charge is 2.31. The summed E-state index contributed by atoms with van der Waals surface area (Å²) in [5.41, 5.74) is 2.06. The summed E-state index contributed by atoms with van der Waals surface area (Å²) < 4.78 is 11.0. The van der Waals surface area contributed by atoms with Gasteiger partial charge < -0.3 is 9.47 Å². The lowest BCUT2D eigenvalue weighted by molar-refractivity contribution is -0.150. The normalized spacial score (nSPS) is 30.0. The van der Waals surface area contributed by atoms with E-state index in [9.17, 15) is 9.59 Å². The highest BCUT2D eigenvalue weighted by molar-refractivity contribution is 5.67. The summed E-state index contributed by atoms with van der Waals surface area (Å²) in [6.45, 7) is 11.1. The summed E-state index contributed by atoms with van der Waals surface area (Å²) in [4.78, 5) is 22.9. The lowest BCUT2D eigenvalue weighted by Gasteiger charge is -2.32. The van der Waals surface area contributed by atoms with Crippen LogP contribution in [0, 0.1) is 5.41 Å². The van der Waals surface area contributed by atoms with Crippen molar-refractivity contribution in [3.05, 3.63) is 23.3 Å². The van der Waals surface area contributed by atoms with Crippen molar-refractivity contribution in [2.45, 2.75) is 79.4 Å². The Kier molecular flexibility index (Phi) is 7.04. The fraction of sp³-hybridized carbons (Fsp3) is 0.684. The van der Waals surface area contributed by atoms with Crippen molar-refractivity contribution in [3.63, 3.8) is 0 Å². The predicted molar refractivity (Wildman–Crippen MR) is 90.9 cm³/mol. The quantitative estimate of drug-likeness (QED) is 0.560. The molecule has 1 rings (SSSR count). The zero-order valence-electron chi connectivity index (χ0n) is 15.3. The summed E-state index contributed by atoms with van der Waals surface area (Å²) in [5.74, 6) is -0.590. The Morgan fingerprint density at radius 3 is 2.30 bits per heavy atom. The lowest BCUT2D eigenvalue weighted by Crippen LogP contribution is -2.33. The SMILES string of the molecule is CC(=O)OC1C/C=C(\C)CCCC(C)(C)C(OC(C)=O)/C=C/1C. The van der Waals surface area contributed by atoms with Gasteiger partial charge in [0.1, 0.15) is 12.2 Å². The minimum atomic E-state index is -0.323. The molecular weight excluding hydrogens is 292 g/mol. The predicted octanol–water partition coefficient (Wildman–Crippen LogP) is 4.34. The first-order chi connectivity index (χ1) is 10.6. The number of allylic oxidation sites excluding steroid dienone is 1. The monoisotopic (exact) mass is 322 g/mol. The van der Waals surface area contributed by atoms with Crippen molar-refractivity contribution in [1.82, 2.24) is 0 Å². The molecule has 23 heavy (non-hydrogen) atoms. The Labute approximate surface area is 139 Å². The lowest BCUT2D eigenvalue weighted by atomic mass is 9.80. The van der Waals surface area contributed by atoms with E-state index in [1.807, 2.05) is 13.0 Å². The zero-order chi connectivity index (χ0) is 17.6. The third-order valence-corrected chi connectivity index (χ3v) is 4.37. The second kappa shape index (κ2) is 8.32. The fourth-order valence-corrected chi connectivity index (χ4v) is 2.85. The number of esters is 2. The van der Waals surface area contributed by atoms with Gasteiger partial charge in [-0.1, -0.05) is 25.5 Å². The highest BCUT2D eigenvalue weighted by atomic mass is 16.5. The molecule has 2 unspecified atom stereocenters. The Morgan fingerprint density at radius 1 is 1.13 bits per heavy atom. The van der Waals surface area contributed by atoms with Crippen LogP contribution in [0.1, 0.15) is 67.2 Å².